The summed E-state index contributed by atoms with van der Waals surface area (Å²) in [6.45, 7) is 6.82. The van der Waals surface area contributed by atoms with Crippen LogP contribution < -0.4 is 0 Å². The van der Waals surface area contributed by atoms with Crippen LogP contribution >= 0.6 is 0 Å². The van der Waals surface area contributed by atoms with Gasteiger partial charge in [0.1, 0.15) is 0 Å². The van der Waals surface area contributed by atoms with Gasteiger partial charge in [0, 0.05) is 38.8 Å². The van der Waals surface area contributed by atoms with Gasteiger partial charge >= 0.3 is 0 Å². The molecule has 1 fully saturated rings. The van der Waals surface area contributed by atoms with Gasteiger partial charge in [0.25, 0.3) is 0 Å². The van der Waals surface area contributed by atoms with Crippen LogP contribution in [-0.4, -0.2) is 69.3 Å². The van der Waals surface area contributed by atoms with E-state index in [4.69, 9.17) is 4.74 Å². The Bertz CT molecular complexity index is 306. The maximum atomic E-state index is 11.5. The van der Waals surface area contributed by atoms with Crippen molar-refractivity contribution in [3.8, 4) is 0 Å². The number of piperazine rings is 1. The molecule has 1 rings (SSSR count). The molecule has 0 saturated carbocycles. The highest BCUT2D eigenvalue weighted by Gasteiger charge is 2.32. The van der Waals surface area contributed by atoms with E-state index < -0.39 is 10.0 Å². The van der Waals surface area contributed by atoms with E-state index in [1.807, 2.05) is 0 Å². The first-order chi connectivity index (χ1) is 7.36. The molecular weight excluding hydrogens is 228 g/mol. The molecular formula is C10H22N2O3S. The summed E-state index contributed by atoms with van der Waals surface area (Å²) in [7, 11) is -1.38. The van der Waals surface area contributed by atoms with Crippen molar-refractivity contribution in [2.45, 2.75) is 25.9 Å². The highest BCUT2D eigenvalue weighted by Crippen LogP contribution is 2.17. The van der Waals surface area contributed by atoms with Gasteiger partial charge in [-0.1, -0.05) is 0 Å². The van der Waals surface area contributed by atoms with Crippen LogP contribution in [0.3, 0.4) is 0 Å². The highest BCUT2D eigenvalue weighted by atomic mass is 32.2. The predicted octanol–water partition coefficient (Wildman–Crippen LogP) is -0.0130. The smallest absolute Gasteiger partial charge is 0.211 e. The summed E-state index contributed by atoms with van der Waals surface area (Å²) in [5.41, 5.74) is 0. The number of methoxy groups -OCH3 is 1. The van der Waals surface area contributed by atoms with Crippen LogP contribution in [0.15, 0.2) is 0 Å². The molecule has 2 unspecified atom stereocenters. The van der Waals surface area contributed by atoms with E-state index in [2.05, 4.69) is 18.7 Å². The lowest BCUT2D eigenvalue weighted by Gasteiger charge is -2.43. The topological polar surface area (TPSA) is 49.9 Å². The molecule has 0 spiro atoms. The molecule has 0 aromatic rings. The lowest BCUT2D eigenvalue weighted by Crippen LogP contribution is -2.58. The minimum Gasteiger partial charge on any atom is -0.383 e. The standard InChI is InChI=1S/C10H22N2O3S/c1-9-7-11(16(4,13)14)8-10(2)12(9)5-6-15-3/h9-10H,5-8H2,1-4H3. The molecule has 0 bridgehead atoms. The molecule has 1 heterocycles. The van der Waals surface area contributed by atoms with Gasteiger partial charge in [0.2, 0.25) is 10.0 Å². The minimum atomic E-state index is -3.06. The summed E-state index contributed by atoms with van der Waals surface area (Å²) >= 11 is 0. The van der Waals surface area contributed by atoms with E-state index >= 15 is 0 Å². The SMILES string of the molecule is COCCN1C(C)CN(S(C)(=O)=O)CC1C. The summed E-state index contributed by atoms with van der Waals surface area (Å²) in [4.78, 5) is 2.30. The average molecular weight is 250 g/mol. The van der Waals surface area contributed by atoms with Gasteiger partial charge in [-0.2, -0.15) is 4.31 Å². The number of hydrogen-bond donors (Lipinski definition) is 0. The van der Waals surface area contributed by atoms with Gasteiger partial charge in [-0.05, 0) is 13.8 Å². The Labute approximate surface area is 98.4 Å². The van der Waals surface area contributed by atoms with Crippen LogP contribution in [0.2, 0.25) is 0 Å². The second-order valence-electron chi connectivity index (χ2n) is 4.51. The summed E-state index contributed by atoms with van der Waals surface area (Å²) in [5.74, 6) is 0. The summed E-state index contributed by atoms with van der Waals surface area (Å²) in [6, 6.07) is 0.488. The summed E-state index contributed by atoms with van der Waals surface area (Å²) in [6.07, 6.45) is 1.28. The lowest BCUT2D eigenvalue weighted by atomic mass is 10.1. The van der Waals surface area contributed by atoms with Crippen molar-refractivity contribution in [2.75, 3.05) is 39.6 Å². The number of ether oxygens (including phenoxy) is 1. The van der Waals surface area contributed by atoms with Crippen LogP contribution in [0, 0.1) is 0 Å². The Morgan fingerprint density at radius 3 is 2.12 bits per heavy atom. The fraction of sp³-hybridized carbons (Fsp3) is 1.00. The fourth-order valence-electron chi connectivity index (χ4n) is 2.22. The zero-order valence-electron chi connectivity index (χ0n) is 10.5. The van der Waals surface area contributed by atoms with Crippen molar-refractivity contribution in [1.82, 2.24) is 9.21 Å². The first-order valence-electron chi connectivity index (χ1n) is 5.56. The minimum absolute atomic E-state index is 0.244. The normalized spacial score (nSPS) is 29.5. The maximum absolute atomic E-state index is 11.5. The Kier molecular flexibility index (Phi) is 4.73. The molecule has 1 aliphatic heterocycles. The summed E-state index contributed by atoms with van der Waals surface area (Å²) < 4.78 is 29.6. The van der Waals surface area contributed by atoms with Gasteiger partial charge in [-0.25, -0.2) is 8.42 Å². The summed E-state index contributed by atoms with van der Waals surface area (Å²) in [5, 5.41) is 0. The maximum Gasteiger partial charge on any atom is 0.211 e. The molecule has 0 N–H and O–H groups in total. The van der Waals surface area contributed by atoms with E-state index in [0.717, 1.165) is 6.54 Å². The molecule has 0 amide bonds. The van der Waals surface area contributed by atoms with Crippen molar-refractivity contribution in [3.05, 3.63) is 0 Å². The largest absolute Gasteiger partial charge is 0.383 e. The Morgan fingerprint density at radius 1 is 1.25 bits per heavy atom. The van der Waals surface area contributed by atoms with Gasteiger partial charge < -0.3 is 4.74 Å². The Morgan fingerprint density at radius 2 is 1.75 bits per heavy atom. The number of hydrogen-bond acceptors (Lipinski definition) is 4. The molecule has 1 saturated heterocycles. The van der Waals surface area contributed by atoms with Crippen LogP contribution in [0.1, 0.15) is 13.8 Å². The second-order valence-corrected chi connectivity index (χ2v) is 6.49. The fourth-order valence-corrected chi connectivity index (χ4v) is 3.19. The van der Waals surface area contributed by atoms with Gasteiger partial charge in [-0.3, -0.25) is 4.90 Å². The van der Waals surface area contributed by atoms with Crippen LogP contribution in [-0.2, 0) is 14.8 Å². The third-order valence-electron chi connectivity index (χ3n) is 3.09. The first kappa shape index (κ1) is 13.9. The molecule has 0 aliphatic carbocycles. The number of rotatable bonds is 4. The monoisotopic (exact) mass is 250 g/mol. The third kappa shape index (κ3) is 3.41. The zero-order valence-corrected chi connectivity index (χ0v) is 11.3. The zero-order chi connectivity index (χ0) is 12.3. The second kappa shape index (κ2) is 5.44. The van der Waals surface area contributed by atoms with E-state index in [1.54, 1.807) is 11.4 Å². The molecule has 0 aromatic carbocycles. The quantitative estimate of drug-likeness (QED) is 0.704. The first-order valence-corrected chi connectivity index (χ1v) is 7.41. The van der Waals surface area contributed by atoms with Crippen molar-refractivity contribution in [3.63, 3.8) is 0 Å². The number of sulfonamides is 1. The van der Waals surface area contributed by atoms with E-state index in [-0.39, 0.29) is 12.1 Å². The van der Waals surface area contributed by atoms with Crippen molar-refractivity contribution >= 4 is 10.0 Å². The molecule has 6 heteroatoms. The van der Waals surface area contributed by atoms with Crippen molar-refractivity contribution in [1.29, 1.82) is 0 Å². The molecule has 0 aromatic heterocycles. The van der Waals surface area contributed by atoms with Crippen molar-refractivity contribution in [2.24, 2.45) is 0 Å². The van der Waals surface area contributed by atoms with Crippen LogP contribution in [0.4, 0.5) is 0 Å². The van der Waals surface area contributed by atoms with E-state index in [1.165, 1.54) is 6.26 Å². The molecule has 96 valence electrons. The Balaban J connectivity index is 2.64. The van der Waals surface area contributed by atoms with Gasteiger partial charge in [0.05, 0.1) is 12.9 Å². The highest BCUT2D eigenvalue weighted by molar-refractivity contribution is 7.88. The van der Waals surface area contributed by atoms with E-state index in [9.17, 15) is 8.42 Å². The third-order valence-corrected chi connectivity index (χ3v) is 4.33. The molecule has 16 heavy (non-hydrogen) atoms. The van der Waals surface area contributed by atoms with Crippen LogP contribution in [0.5, 0.6) is 0 Å². The average Bonchev–Trinajstić information content (AvgIpc) is 2.15. The molecule has 0 radical (unpaired) electrons. The molecule has 2 atom stereocenters. The van der Waals surface area contributed by atoms with Gasteiger partial charge in [-0.15, -0.1) is 0 Å². The predicted molar refractivity (Wildman–Crippen MR) is 63.9 cm³/mol. The van der Waals surface area contributed by atoms with Gasteiger partial charge in [0.15, 0.2) is 0 Å². The molecule has 1 aliphatic rings. The molecule has 5 nitrogen and oxygen atoms in total. The lowest BCUT2D eigenvalue weighted by molar-refractivity contribution is 0.0498. The van der Waals surface area contributed by atoms with Crippen molar-refractivity contribution < 1.29 is 13.2 Å². The number of nitrogens with zero attached hydrogens (tertiary/aromatic N) is 2. The van der Waals surface area contributed by atoms with E-state index in [0.29, 0.717) is 19.7 Å². The Hall–Kier alpha value is -0.170. The van der Waals surface area contributed by atoms with Crippen LogP contribution in [0.25, 0.3) is 0 Å².